The molecule has 3 rings (SSSR count). The van der Waals surface area contributed by atoms with Crippen molar-refractivity contribution in [1.82, 2.24) is 0 Å². The van der Waals surface area contributed by atoms with Crippen LogP contribution in [0.15, 0.2) is 24.3 Å². The molecule has 0 heterocycles. The standard InChI is InChI=1S/C28H39FO3/c1-5-9-14-31-26-18-24(28(30)12-11-13-28)22(16-20(26)7-3)23-17-21(8-4)27(19-25(23)29)32-15-10-6-2/h16-19,30H,5-15H2,1-4H3. The first-order chi connectivity index (χ1) is 15.5. The number of halogens is 1. The Labute approximate surface area is 193 Å². The minimum absolute atomic E-state index is 0.306. The summed E-state index contributed by atoms with van der Waals surface area (Å²) in [5.41, 5.74) is 3.22. The number of hydrogen-bond acceptors (Lipinski definition) is 3. The summed E-state index contributed by atoms with van der Waals surface area (Å²) in [5.74, 6) is 1.14. The van der Waals surface area contributed by atoms with Crippen LogP contribution < -0.4 is 9.47 Å². The molecule has 0 bridgehead atoms. The molecule has 1 aliphatic rings. The quantitative estimate of drug-likeness (QED) is 0.349. The van der Waals surface area contributed by atoms with E-state index in [0.29, 0.717) is 37.4 Å². The van der Waals surface area contributed by atoms with E-state index in [-0.39, 0.29) is 5.82 Å². The monoisotopic (exact) mass is 442 g/mol. The smallest absolute Gasteiger partial charge is 0.134 e. The molecule has 1 aliphatic carbocycles. The number of aliphatic hydroxyl groups is 1. The molecule has 1 fully saturated rings. The van der Waals surface area contributed by atoms with Gasteiger partial charge < -0.3 is 14.6 Å². The van der Waals surface area contributed by atoms with Gasteiger partial charge in [0.15, 0.2) is 0 Å². The maximum atomic E-state index is 15.4. The SMILES string of the molecule is CCCCOc1cc(F)c(-c2cc(CC)c(OCCCC)cc2C2(O)CCC2)cc1CC. The number of unbranched alkanes of at least 4 members (excludes halogenated alkanes) is 2. The Morgan fingerprint density at radius 3 is 1.81 bits per heavy atom. The van der Waals surface area contributed by atoms with Crippen molar-refractivity contribution >= 4 is 0 Å². The van der Waals surface area contributed by atoms with Crippen LogP contribution in [0.1, 0.15) is 89.3 Å². The van der Waals surface area contributed by atoms with Gasteiger partial charge in [0.25, 0.3) is 0 Å². The van der Waals surface area contributed by atoms with Gasteiger partial charge in [0.1, 0.15) is 17.3 Å². The average molecular weight is 443 g/mol. The predicted octanol–water partition coefficient (Wildman–Crippen LogP) is 7.35. The zero-order chi connectivity index (χ0) is 23.1. The van der Waals surface area contributed by atoms with Gasteiger partial charge in [0.2, 0.25) is 0 Å². The molecule has 0 spiro atoms. The van der Waals surface area contributed by atoms with Crippen LogP contribution in [0.3, 0.4) is 0 Å². The van der Waals surface area contributed by atoms with Gasteiger partial charge >= 0.3 is 0 Å². The summed E-state index contributed by atoms with van der Waals surface area (Å²) >= 11 is 0. The fourth-order valence-electron chi connectivity index (χ4n) is 4.29. The van der Waals surface area contributed by atoms with E-state index >= 15 is 4.39 Å². The molecule has 0 saturated heterocycles. The van der Waals surface area contributed by atoms with Crippen LogP contribution in [0.5, 0.6) is 11.5 Å². The van der Waals surface area contributed by atoms with Gasteiger partial charge in [0, 0.05) is 11.6 Å². The molecule has 32 heavy (non-hydrogen) atoms. The van der Waals surface area contributed by atoms with E-state index in [0.717, 1.165) is 72.9 Å². The molecule has 0 aromatic heterocycles. The Balaban J connectivity index is 2.09. The lowest BCUT2D eigenvalue weighted by Gasteiger charge is -2.39. The van der Waals surface area contributed by atoms with Crippen LogP contribution >= 0.6 is 0 Å². The van der Waals surface area contributed by atoms with Crippen molar-refractivity contribution in [1.29, 1.82) is 0 Å². The van der Waals surface area contributed by atoms with Crippen LogP contribution in [-0.2, 0) is 18.4 Å². The van der Waals surface area contributed by atoms with Gasteiger partial charge in [-0.1, -0.05) is 40.5 Å². The molecule has 0 unspecified atom stereocenters. The van der Waals surface area contributed by atoms with Crippen LogP contribution in [0.4, 0.5) is 4.39 Å². The summed E-state index contributed by atoms with van der Waals surface area (Å²) in [6, 6.07) is 7.44. The van der Waals surface area contributed by atoms with Crippen LogP contribution in [0.2, 0.25) is 0 Å². The molecule has 2 aromatic rings. The third-order valence-electron chi connectivity index (χ3n) is 6.60. The fraction of sp³-hybridized carbons (Fsp3) is 0.571. The van der Waals surface area contributed by atoms with Crippen molar-refractivity contribution in [3.63, 3.8) is 0 Å². The molecule has 0 atom stereocenters. The lowest BCUT2D eigenvalue weighted by molar-refractivity contribution is -0.0384. The Morgan fingerprint density at radius 1 is 0.812 bits per heavy atom. The Hall–Kier alpha value is -2.07. The van der Waals surface area contributed by atoms with Crippen LogP contribution in [-0.4, -0.2) is 18.3 Å². The third kappa shape index (κ3) is 5.28. The van der Waals surface area contributed by atoms with E-state index in [1.807, 2.05) is 18.2 Å². The predicted molar refractivity (Wildman–Crippen MR) is 129 cm³/mol. The fourth-order valence-corrected chi connectivity index (χ4v) is 4.29. The first kappa shape index (κ1) is 24.6. The highest BCUT2D eigenvalue weighted by molar-refractivity contribution is 5.73. The largest absolute Gasteiger partial charge is 0.493 e. The molecule has 1 N–H and O–H groups in total. The first-order valence-electron chi connectivity index (χ1n) is 12.5. The van der Waals surface area contributed by atoms with Crippen molar-refractivity contribution in [3.8, 4) is 22.6 Å². The minimum atomic E-state index is -0.917. The summed E-state index contributed by atoms with van der Waals surface area (Å²) in [5, 5.41) is 11.3. The summed E-state index contributed by atoms with van der Waals surface area (Å²) < 4.78 is 27.4. The maximum Gasteiger partial charge on any atom is 0.134 e. The average Bonchev–Trinajstić information content (AvgIpc) is 2.77. The molecular formula is C28H39FO3. The summed E-state index contributed by atoms with van der Waals surface area (Å²) in [7, 11) is 0. The van der Waals surface area contributed by atoms with Gasteiger partial charge in [-0.15, -0.1) is 0 Å². The van der Waals surface area contributed by atoms with Gasteiger partial charge in [-0.05, 0) is 85.4 Å². The number of rotatable bonds is 12. The van der Waals surface area contributed by atoms with E-state index < -0.39 is 5.60 Å². The molecule has 0 aliphatic heterocycles. The van der Waals surface area contributed by atoms with Crippen molar-refractivity contribution in [2.45, 2.75) is 91.1 Å². The van der Waals surface area contributed by atoms with Gasteiger partial charge in [0.05, 0.1) is 18.8 Å². The normalized spacial score (nSPS) is 14.8. The van der Waals surface area contributed by atoms with Crippen LogP contribution in [0, 0.1) is 5.82 Å². The molecule has 4 heteroatoms. The lowest BCUT2D eigenvalue weighted by atomic mass is 9.72. The molecule has 0 radical (unpaired) electrons. The second-order valence-electron chi connectivity index (χ2n) is 8.94. The Bertz CT molecular complexity index is 902. The first-order valence-corrected chi connectivity index (χ1v) is 12.5. The molecular weight excluding hydrogens is 403 g/mol. The van der Waals surface area contributed by atoms with Crippen LogP contribution in [0.25, 0.3) is 11.1 Å². The number of ether oxygens (including phenoxy) is 2. The molecule has 2 aromatic carbocycles. The van der Waals surface area contributed by atoms with E-state index in [1.165, 1.54) is 6.07 Å². The number of hydrogen-bond donors (Lipinski definition) is 1. The van der Waals surface area contributed by atoms with Crippen molar-refractivity contribution in [3.05, 3.63) is 46.8 Å². The van der Waals surface area contributed by atoms with E-state index in [1.54, 1.807) is 0 Å². The lowest BCUT2D eigenvalue weighted by Crippen LogP contribution is -2.34. The number of aryl methyl sites for hydroxylation is 2. The second-order valence-corrected chi connectivity index (χ2v) is 8.94. The Morgan fingerprint density at radius 2 is 1.34 bits per heavy atom. The Kier molecular flexibility index (Phi) is 8.58. The highest BCUT2D eigenvalue weighted by Crippen LogP contribution is 2.48. The van der Waals surface area contributed by atoms with Crippen molar-refractivity contribution in [2.24, 2.45) is 0 Å². The highest BCUT2D eigenvalue weighted by Gasteiger charge is 2.39. The van der Waals surface area contributed by atoms with E-state index in [4.69, 9.17) is 9.47 Å². The zero-order valence-corrected chi connectivity index (χ0v) is 20.2. The molecule has 176 valence electrons. The molecule has 0 amide bonds. The van der Waals surface area contributed by atoms with Crippen molar-refractivity contribution < 1.29 is 19.0 Å². The van der Waals surface area contributed by atoms with E-state index in [9.17, 15) is 5.11 Å². The summed E-state index contributed by atoms with van der Waals surface area (Å²) in [6.45, 7) is 9.64. The molecule has 1 saturated carbocycles. The maximum absolute atomic E-state index is 15.4. The zero-order valence-electron chi connectivity index (χ0n) is 20.2. The topological polar surface area (TPSA) is 38.7 Å². The summed E-state index contributed by atoms with van der Waals surface area (Å²) in [6.07, 6.45) is 7.94. The third-order valence-corrected chi connectivity index (χ3v) is 6.60. The minimum Gasteiger partial charge on any atom is -0.493 e. The van der Waals surface area contributed by atoms with Gasteiger partial charge in [-0.3, -0.25) is 0 Å². The summed E-state index contributed by atoms with van der Waals surface area (Å²) in [4.78, 5) is 0. The highest BCUT2D eigenvalue weighted by atomic mass is 19.1. The van der Waals surface area contributed by atoms with Crippen molar-refractivity contribution in [2.75, 3.05) is 13.2 Å². The van der Waals surface area contributed by atoms with Gasteiger partial charge in [-0.25, -0.2) is 4.39 Å². The number of benzene rings is 2. The van der Waals surface area contributed by atoms with Gasteiger partial charge in [-0.2, -0.15) is 0 Å². The van der Waals surface area contributed by atoms with E-state index in [2.05, 4.69) is 27.7 Å². The molecule has 3 nitrogen and oxygen atoms in total. The second kappa shape index (κ2) is 11.2.